The van der Waals surface area contributed by atoms with Gasteiger partial charge in [0.25, 0.3) is 5.69 Å². The van der Waals surface area contributed by atoms with Gasteiger partial charge in [-0.2, -0.15) is 0 Å². The molecule has 8 heteroatoms. The van der Waals surface area contributed by atoms with Crippen molar-refractivity contribution in [3.8, 4) is 5.75 Å². The van der Waals surface area contributed by atoms with Gasteiger partial charge < -0.3 is 14.8 Å². The summed E-state index contributed by atoms with van der Waals surface area (Å²) in [6, 6.07) is 13.6. The fourth-order valence-electron chi connectivity index (χ4n) is 4.85. The maximum absolute atomic E-state index is 13.6. The van der Waals surface area contributed by atoms with Gasteiger partial charge >= 0.3 is 5.97 Å². The standard InChI is InChI=1S/C27H28N2O6/c1-15(2)35-27(31)24-16(3)28-22-13-19(17-7-11-21(34-4)12-8-17)14-23(30)26(22)25(24)18-5-9-20(10-6-18)29(32)33/h5-13,15,19,25-26,28H,14H2,1-4H3. The summed E-state index contributed by atoms with van der Waals surface area (Å²) in [5.41, 5.74) is 3.28. The van der Waals surface area contributed by atoms with Crippen LogP contribution in [-0.2, 0) is 14.3 Å². The quantitative estimate of drug-likeness (QED) is 0.363. The van der Waals surface area contributed by atoms with Gasteiger partial charge in [0.05, 0.1) is 29.6 Å². The number of fused-ring (bicyclic) bond motifs is 1. The van der Waals surface area contributed by atoms with Gasteiger partial charge in [-0.3, -0.25) is 14.9 Å². The molecular formula is C27H28N2O6. The Morgan fingerprint density at radius 1 is 1.06 bits per heavy atom. The average molecular weight is 477 g/mol. The normalized spacial score (nSPS) is 21.7. The van der Waals surface area contributed by atoms with Crippen molar-refractivity contribution in [1.82, 2.24) is 5.32 Å². The maximum Gasteiger partial charge on any atom is 0.336 e. The number of carbonyl (C=O) groups excluding carboxylic acids is 2. The van der Waals surface area contributed by atoms with Crippen molar-refractivity contribution in [3.05, 3.63) is 92.8 Å². The first-order valence-electron chi connectivity index (χ1n) is 11.5. The summed E-state index contributed by atoms with van der Waals surface area (Å²) < 4.78 is 10.8. The van der Waals surface area contributed by atoms with E-state index in [9.17, 15) is 19.7 Å². The van der Waals surface area contributed by atoms with Crippen LogP contribution in [0.5, 0.6) is 5.75 Å². The van der Waals surface area contributed by atoms with Crippen LogP contribution < -0.4 is 10.1 Å². The van der Waals surface area contributed by atoms with E-state index in [0.717, 1.165) is 17.0 Å². The molecule has 3 atom stereocenters. The maximum atomic E-state index is 13.6. The lowest BCUT2D eigenvalue weighted by Gasteiger charge is -2.39. The molecule has 0 amide bonds. The summed E-state index contributed by atoms with van der Waals surface area (Å²) in [5, 5.41) is 14.5. The van der Waals surface area contributed by atoms with Crippen LogP contribution in [0.4, 0.5) is 5.69 Å². The molecule has 1 aliphatic heterocycles. The molecule has 1 aliphatic carbocycles. The predicted molar refractivity (Wildman–Crippen MR) is 130 cm³/mol. The molecule has 0 fully saturated rings. The summed E-state index contributed by atoms with van der Waals surface area (Å²) in [6.07, 6.45) is 1.98. The van der Waals surface area contributed by atoms with E-state index in [1.165, 1.54) is 12.1 Å². The van der Waals surface area contributed by atoms with Crippen LogP contribution in [0.3, 0.4) is 0 Å². The molecule has 0 aromatic heterocycles. The van der Waals surface area contributed by atoms with Crippen molar-refractivity contribution in [2.75, 3.05) is 7.11 Å². The molecule has 1 heterocycles. The van der Waals surface area contributed by atoms with E-state index < -0.39 is 22.7 Å². The first-order valence-corrected chi connectivity index (χ1v) is 11.5. The van der Waals surface area contributed by atoms with Crippen LogP contribution in [0.15, 0.2) is 71.6 Å². The highest BCUT2D eigenvalue weighted by atomic mass is 16.6. The molecule has 182 valence electrons. The third-order valence-electron chi connectivity index (χ3n) is 6.43. The van der Waals surface area contributed by atoms with E-state index in [-0.39, 0.29) is 29.9 Å². The molecule has 0 bridgehead atoms. The van der Waals surface area contributed by atoms with Crippen molar-refractivity contribution in [2.45, 2.75) is 45.1 Å². The molecule has 1 N–H and O–H groups in total. The molecule has 3 unspecified atom stereocenters. The highest BCUT2D eigenvalue weighted by molar-refractivity contribution is 5.96. The second-order valence-corrected chi connectivity index (χ2v) is 9.09. The van der Waals surface area contributed by atoms with Crippen LogP contribution in [-0.4, -0.2) is 29.9 Å². The van der Waals surface area contributed by atoms with Crippen LogP contribution in [0.25, 0.3) is 0 Å². The van der Waals surface area contributed by atoms with Gasteiger partial charge in [-0.1, -0.05) is 30.3 Å². The molecule has 2 aromatic rings. The first-order chi connectivity index (χ1) is 16.7. The zero-order valence-electron chi connectivity index (χ0n) is 20.1. The number of nitrogens with one attached hydrogen (secondary N) is 1. The number of Topliss-reactive ketones (excluding diaryl/α,β-unsaturated/α-hetero) is 1. The molecule has 0 saturated heterocycles. The number of ketones is 1. The molecule has 8 nitrogen and oxygen atoms in total. The molecule has 35 heavy (non-hydrogen) atoms. The molecule has 2 aliphatic rings. The monoisotopic (exact) mass is 476 g/mol. The van der Waals surface area contributed by atoms with Gasteiger partial charge in [0.15, 0.2) is 0 Å². The number of rotatable bonds is 6. The van der Waals surface area contributed by atoms with E-state index in [2.05, 4.69) is 5.32 Å². The van der Waals surface area contributed by atoms with Gasteiger partial charge in [-0.25, -0.2) is 4.79 Å². The summed E-state index contributed by atoms with van der Waals surface area (Å²) in [6.45, 7) is 5.32. The van der Waals surface area contributed by atoms with E-state index in [0.29, 0.717) is 16.8 Å². The lowest BCUT2D eigenvalue weighted by molar-refractivity contribution is -0.384. The van der Waals surface area contributed by atoms with Gasteiger partial charge in [-0.15, -0.1) is 0 Å². The predicted octanol–water partition coefficient (Wildman–Crippen LogP) is 4.77. The number of esters is 1. The minimum Gasteiger partial charge on any atom is -0.497 e. The number of carbonyl (C=O) groups is 2. The smallest absolute Gasteiger partial charge is 0.336 e. The number of hydrogen-bond acceptors (Lipinski definition) is 7. The molecule has 2 aromatic carbocycles. The summed E-state index contributed by atoms with van der Waals surface area (Å²) in [7, 11) is 1.60. The van der Waals surface area contributed by atoms with Crippen molar-refractivity contribution in [3.63, 3.8) is 0 Å². The highest BCUT2D eigenvalue weighted by Gasteiger charge is 2.45. The van der Waals surface area contributed by atoms with Crippen LogP contribution in [0.1, 0.15) is 50.2 Å². The van der Waals surface area contributed by atoms with Crippen molar-refractivity contribution < 1.29 is 24.0 Å². The molecule has 0 radical (unpaired) electrons. The Kier molecular flexibility index (Phi) is 6.73. The van der Waals surface area contributed by atoms with E-state index in [1.54, 1.807) is 40.0 Å². The summed E-state index contributed by atoms with van der Waals surface area (Å²) >= 11 is 0. The first kappa shape index (κ1) is 24.2. The Hall–Kier alpha value is -3.94. The number of nitro groups is 1. The Morgan fingerprint density at radius 2 is 1.69 bits per heavy atom. The number of allylic oxidation sites excluding steroid dienone is 3. The van der Waals surface area contributed by atoms with Crippen LogP contribution in [0, 0.1) is 16.0 Å². The Morgan fingerprint density at radius 3 is 2.26 bits per heavy atom. The Labute approximate surface area is 203 Å². The fraction of sp³-hybridized carbons (Fsp3) is 0.333. The number of benzene rings is 2. The van der Waals surface area contributed by atoms with Crippen molar-refractivity contribution in [1.29, 1.82) is 0 Å². The Bertz CT molecular complexity index is 1210. The zero-order valence-corrected chi connectivity index (χ0v) is 20.1. The van der Waals surface area contributed by atoms with E-state index in [4.69, 9.17) is 9.47 Å². The van der Waals surface area contributed by atoms with Crippen molar-refractivity contribution >= 4 is 17.4 Å². The van der Waals surface area contributed by atoms with Gasteiger partial charge in [-0.05, 0) is 44.0 Å². The molecule has 0 saturated carbocycles. The largest absolute Gasteiger partial charge is 0.497 e. The van der Waals surface area contributed by atoms with Gasteiger partial charge in [0.2, 0.25) is 0 Å². The number of nitrogens with zero attached hydrogens (tertiary/aromatic N) is 1. The second-order valence-electron chi connectivity index (χ2n) is 9.09. The Balaban J connectivity index is 1.79. The number of methoxy groups -OCH3 is 1. The molecule has 0 spiro atoms. The lowest BCUT2D eigenvalue weighted by Crippen LogP contribution is -2.42. The third-order valence-corrected chi connectivity index (χ3v) is 6.43. The molecular weight excluding hydrogens is 448 g/mol. The topological polar surface area (TPSA) is 108 Å². The SMILES string of the molecule is COc1ccc(C2C=C3NC(C)=C(C(=O)OC(C)C)C(c4ccc([N+](=O)[O-])cc4)C3C(=O)C2)cc1. The van der Waals surface area contributed by atoms with Gasteiger partial charge in [0.1, 0.15) is 11.5 Å². The third kappa shape index (κ3) is 4.82. The highest BCUT2D eigenvalue weighted by Crippen LogP contribution is 2.46. The second kappa shape index (κ2) is 9.74. The van der Waals surface area contributed by atoms with E-state index in [1.807, 2.05) is 30.3 Å². The average Bonchev–Trinajstić information content (AvgIpc) is 2.82. The van der Waals surface area contributed by atoms with Gasteiger partial charge in [0, 0.05) is 41.8 Å². The zero-order chi connectivity index (χ0) is 25.3. The number of nitro benzene ring substituents is 1. The number of non-ortho nitro benzene ring substituents is 1. The summed E-state index contributed by atoms with van der Waals surface area (Å²) in [4.78, 5) is 37.4. The summed E-state index contributed by atoms with van der Waals surface area (Å²) in [5.74, 6) is -1.13. The minimum atomic E-state index is -0.621. The molecule has 4 rings (SSSR count). The lowest BCUT2D eigenvalue weighted by atomic mass is 9.68. The van der Waals surface area contributed by atoms with E-state index >= 15 is 0 Å². The number of ether oxygens (including phenoxy) is 2. The van der Waals surface area contributed by atoms with Crippen LogP contribution in [0.2, 0.25) is 0 Å². The number of hydrogen-bond donors (Lipinski definition) is 1. The van der Waals surface area contributed by atoms with Crippen molar-refractivity contribution in [2.24, 2.45) is 5.92 Å². The van der Waals surface area contributed by atoms with Crippen LogP contribution >= 0.6 is 0 Å². The minimum absolute atomic E-state index is 0.0125. The fourth-order valence-corrected chi connectivity index (χ4v) is 4.85.